The Morgan fingerprint density at radius 2 is 2.00 bits per heavy atom. The van der Waals surface area contributed by atoms with Crippen LogP contribution in [-0.2, 0) is 6.42 Å². The number of hydrogen-bond acceptors (Lipinski definition) is 2. The molecule has 0 unspecified atom stereocenters. The molecule has 0 saturated carbocycles. The highest BCUT2D eigenvalue weighted by Gasteiger charge is 2.20. The zero-order valence-corrected chi connectivity index (χ0v) is 6.77. The number of nitrogens with zero attached hydrogens (tertiary/aromatic N) is 2. The molecular weight excluding hydrogens is 200 g/mol. The zero-order chi connectivity index (χ0) is 10.7. The van der Waals surface area contributed by atoms with Crippen LogP contribution < -0.4 is 0 Å². The summed E-state index contributed by atoms with van der Waals surface area (Å²) < 4.78 is 49.7. The lowest BCUT2D eigenvalue weighted by atomic mass is 10.2. The van der Waals surface area contributed by atoms with E-state index >= 15 is 0 Å². The minimum absolute atomic E-state index is 0.325. The van der Waals surface area contributed by atoms with Gasteiger partial charge in [0.2, 0.25) is 0 Å². The van der Waals surface area contributed by atoms with Gasteiger partial charge in [-0.3, -0.25) is 4.98 Å². The second-order valence-corrected chi connectivity index (χ2v) is 2.43. The summed E-state index contributed by atoms with van der Waals surface area (Å²) in [7, 11) is 0. The predicted molar refractivity (Wildman–Crippen MR) is 38.4 cm³/mol. The number of rotatable bonds is 2. The van der Waals surface area contributed by atoms with Crippen LogP contribution in [0.2, 0.25) is 0 Å². The molecule has 0 amide bonds. The number of halogens is 4. The Labute approximate surface area is 76.8 Å². The van der Waals surface area contributed by atoms with Crippen LogP contribution in [0.15, 0.2) is 6.20 Å². The molecule has 0 bridgehead atoms. The summed E-state index contributed by atoms with van der Waals surface area (Å²) >= 11 is 0. The molecule has 2 nitrogen and oxygen atoms in total. The van der Waals surface area contributed by atoms with Gasteiger partial charge in [-0.15, -0.1) is 0 Å². The number of nitriles is 1. The molecule has 74 valence electrons. The number of alkyl halides is 2. The molecule has 1 aromatic heterocycles. The topological polar surface area (TPSA) is 36.7 Å². The van der Waals surface area contributed by atoms with Gasteiger partial charge in [-0.05, 0) is 0 Å². The minimum Gasteiger partial charge on any atom is -0.252 e. The van der Waals surface area contributed by atoms with Crippen molar-refractivity contribution in [3.8, 4) is 6.07 Å². The molecule has 0 aliphatic heterocycles. The standard InChI is InChI=1S/C8H4F4N2/c9-5-4(1-2-13)3-14-7(6(5)10)8(11)12/h3,8H,1H2. The molecule has 0 fully saturated rings. The molecule has 0 radical (unpaired) electrons. The highest BCUT2D eigenvalue weighted by atomic mass is 19.3. The molecule has 0 aromatic carbocycles. The quantitative estimate of drug-likeness (QED) is 0.693. The van der Waals surface area contributed by atoms with Crippen LogP contribution in [0.5, 0.6) is 0 Å². The highest BCUT2D eigenvalue weighted by molar-refractivity contribution is 5.22. The van der Waals surface area contributed by atoms with Crippen molar-refractivity contribution in [1.29, 1.82) is 5.26 Å². The smallest absolute Gasteiger partial charge is 0.252 e. The third-order valence-electron chi connectivity index (χ3n) is 1.54. The summed E-state index contributed by atoms with van der Waals surface area (Å²) in [6.45, 7) is 0. The van der Waals surface area contributed by atoms with E-state index in [-0.39, 0.29) is 5.56 Å². The maximum Gasteiger partial charge on any atom is 0.283 e. The largest absolute Gasteiger partial charge is 0.283 e. The Bertz CT molecular complexity index is 384. The molecule has 6 heteroatoms. The normalized spacial score (nSPS) is 10.3. The van der Waals surface area contributed by atoms with E-state index in [1.165, 1.54) is 0 Å². The van der Waals surface area contributed by atoms with Gasteiger partial charge in [-0.1, -0.05) is 0 Å². The lowest BCUT2D eigenvalue weighted by Crippen LogP contribution is -2.03. The average molecular weight is 204 g/mol. The van der Waals surface area contributed by atoms with Crippen molar-refractivity contribution in [3.63, 3.8) is 0 Å². The SMILES string of the molecule is N#CCc1cnc(C(F)F)c(F)c1F. The molecule has 14 heavy (non-hydrogen) atoms. The molecule has 0 N–H and O–H groups in total. The van der Waals surface area contributed by atoms with E-state index in [4.69, 9.17) is 5.26 Å². The van der Waals surface area contributed by atoms with E-state index in [1.54, 1.807) is 6.07 Å². The van der Waals surface area contributed by atoms with Crippen molar-refractivity contribution in [3.05, 3.63) is 29.1 Å². The van der Waals surface area contributed by atoms with Crippen molar-refractivity contribution < 1.29 is 17.6 Å². The molecule has 1 aromatic rings. The minimum atomic E-state index is -3.17. The van der Waals surface area contributed by atoms with E-state index in [1.807, 2.05) is 0 Å². The first-order valence-electron chi connectivity index (χ1n) is 3.55. The molecule has 0 aliphatic rings. The van der Waals surface area contributed by atoms with Gasteiger partial charge in [0.25, 0.3) is 6.43 Å². The van der Waals surface area contributed by atoms with Crippen LogP contribution in [0.1, 0.15) is 17.7 Å². The summed E-state index contributed by atoms with van der Waals surface area (Å²) in [5.74, 6) is -3.12. The lowest BCUT2D eigenvalue weighted by Gasteiger charge is -2.03. The van der Waals surface area contributed by atoms with Crippen molar-refractivity contribution in [2.45, 2.75) is 12.8 Å². The highest BCUT2D eigenvalue weighted by Crippen LogP contribution is 2.22. The van der Waals surface area contributed by atoms with E-state index in [0.717, 1.165) is 6.20 Å². The molecule has 0 aliphatic carbocycles. The van der Waals surface area contributed by atoms with Gasteiger partial charge in [-0.25, -0.2) is 17.6 Å². The Balaban J connectivity index is 3.20. The van der Waals surface area contributed by atoms with Gasteiger partial charge in [0.1, 0.15) is 5.69 Å². The Hall–Kier alpha value is -1.64. The van der Waals surface area contributed by atoms with Crippen LogP contribution in [0, 0.1) is 23.0 Å². The van der Waals surface area contributed by atoms with Gasteiger partial charge in [0, 0.05) is 11.8 Å². The second-order valence-electron chi connectivity index (χ2n) is 2.43. The van der Waals surface area contributed by atoms with E-state index in [9.17, 15) is 17.6 Å². The fourth-order valence-electron chi connectivity index (χ4n) is 0.875. The zero-order valence-electron chi connectivity index (χ0n) is 6.77. The monoisotopic (exact) mass is 204 g/mol. The summed E-state index contributed by atoms with van der Waals surface area (Å²) in [4.78, 5) is 3.04. The average Bonchev–Trinajstić information content (AvgIpc) is 2.13. The number of pyridine rings is 1. The molecule has 0 atom stereocenters. The van der Waals surface area contributed by atoms with Crippen molar-refractivity contribution >= 4 is 0 Å². The van der Waals surface area contributed by atoms with Gasteiger partial charge in [0.05, 0.1) is 12.5 Å². The van der Waals surface area contributed by atoms with Crippen molar-refractivity contribution in [1.82, 2.24) is 4.98 Å². The predicted octanol–water partition coefficient (Wildman–Crippen LogP) is 2.36. The summed E-state index contributed by atoms with van der Waals surface area (Å²) in [5.41, 5.74) is -1.56. The van der Waals surface area contributed by atoms with Gasteiger partial charge < -0.3 is 0 Å². The number of hydrogen-bond donors (Lipinski definition) is 0. The van der Waals surface area contributed by atoms with Gasteiger partial charge in [-0.2, -0.15) is 5.26 Å². The molecule has 0 spiro atoms. The third kappa shape index (κ3) is 1.82. The third-order valence-corrected chi connectivity index (χ3v) is 1.54. The first kappa shape index (κ1) is 10.4. The van der Waals surface area contributed by atoms with Gasteiger partial charge >= 0.3 is 0 Å². The lowest BCUT2D eigenvalue weighted by molar-refractivity contribution is 0.139. The Morgan fingerprint density at radius 3 is 2.50 bits per heavy atom. The molecular formula is C8H4F4N2. The molecule has 0 saturated heterocycles. The van der Waals surface area contributed by atoms with E-state index in [2.05, 4.69) is 4.98 Å². The molecule has 1 rings (SSSR count). The van der Waals surface area contributed by atoms with Crippen LogP contribution in [-0.4, -0.2) is 4.98 Å². The van der Waals surface area contributed by atoms with Crippen molar-refractivity contribution in [2.75, 3.05) is 0 Å². The van der Waals surface area contributed by atoms with E-state index < -0.39 is 30.2 Å². The molecule has 1 heterocycles. The number of aromatic nitrogens is 1. The first-order chi connectivity index (χ1) is 6.57. The fraction of sp³-hybridized carbons (Fsp3) is 0.250. The summed E-state index contributed by atoms with van der Waals surface area (Å²) in [6.07, 6.45) is -2.83. The Kier molecular flexibility index (Phi) is 3.02. The maximum absolute atomic E-state index is 12.9. The second kappa shape index (κ2) is 4.05. The van der Waals surface area contributed by atoms with E-state index in [0.29, 0.717) is 0 Å². The maximum atomic E-state index is 12.9. The van der Waals surface area contributed by atoms with Crippen LogP contribution in [0.4, 0.5) is 17.6 Å². The van der Waals surface area contributed by atoms with Crippen molar-refractivity contribution in [2.24, 2.45) is 0 Å². The summed E-state index contributed by atoms with van der Waals surface area (Å²) in [6, 6.07) is 1.57. The first-order valence-corrected chi connectivity index (χ1v) is 3.55. The van der Waals surface area contributed by atoms with Crippen LogP contribution >= 0.6 is 0 Å². The van der Waals surface area contributed by atoms with Crippen LogP contribution in [0.3, 0.4) is 0 Å². The van der Waals surface area contributed by atoms with Crippen LogP contribution in [0.25, 0.3) is 0 Å². The summed E-state index contributed by atoms with van der Waals surface area (Å²) in [5, 5.41) is 8.20. The van der Waals surface area contributed by atoms with Gasteiger partial charge in [0.15, 0.2) is 11.6 Å². The fourth-order valence-corrected chi connectivity index (χ4v) is 0.875. The Morgan fingerprint density at radius 1 is 1.36 bits per heavy atom.